The number of nitrogens with one attached hydrogen (secondary N) is 2. The molecular formula is C35H44N4O8. The van der Waals surface area contributed by atoms with Crippen LogP contribution in [-0.2, 0) is 37.8 Å². The van der Waals surface area contributed by atoms with E-state index < -0.39 is 54.6 Å². The molecule has 47 heavy (non-hydrogen) atoms. The van der Waals surface area contributed by atoms with E-state index in [1.54, 1.807) is 31.2 Å². The third-order valence-electron chi connectivity index (χ3n) is 10.6. The number of ether oxygens (including phenoxy) is 1. The lowest BCUT2D eigenvalue weighted by Gasteiger charge is -2.56. The maximum atomic E-state index is 13.9. The number of nitrogens with zero attached hydrogens (tertiary/aromatic N) is 2. The van der Waals surface area contributed by atoms with E-state index in [1.165, 1.54) is 24.2 Å². The number of urea groups is 1. The van der Waals surface area contributed by atoms with Gasteiger partial charge in [0.05, 0.1) is 13.2 Å². The average Bonchev–Trinajstić information content (AvgIpc) is 3.22. The number of amides is 5. The highest BCUT2D eigenvalue weighted by atomic mass is 16.5. The minimum absolute atomic E-state index is 0. The summed E-state index contributed by atoms with van der Waals surface area (Å²) in [5, 5.41) is 24.0. The third-order valence-corrected chi connectivity index (χ3v) is 10.6. The van der Waals surface area contributed by atoms with Crippen LogP contribution in [0.1, 0.15) is 63.6 Å². The molecule has 2 aromatic carbocycles. The molecule has 1 aliphatic heterocycles. The van der Waals surface area contributed by atoms with Crippen molar-refractivity contribution in [1.82, 2.24) is 20.4 Å². The molecule has 252 valence electrons. The molecule has 0 unspecified atom stereocenters. The van der Waals surface area contributed by atoms with Crippen molar-refractivity contribution in [2.45, 2.75) is 70.2 Å². The first-order valence-corrected chi connectivity index (χ1v) is 16.3. The topological polar surface area (TPSA) is 166 Å². The Morgan fingerprint density at radius 3 is 2.15 bits per heavy atom. The summed E-state index contributed by atoms with van der Waals surface area (Å²) in [5.74, 6) is -0.705. The van der Waals surface area contributed by atoms with E-state index in [9.17, 15) is 34.2 Å². The van der Waals surface area contributed by atoms with E-state index in [0.29, 0.717) is 28.9 Å². The second kappa shape index (κ2) is 13.0. The van der Waals surface area contributed by atoms with Crippen LogP contribution in [0.4, 0.5) is 9.59 Å². The molecule has 1 saturated heterocycles. The van der Waals surface area contributed by atoms with Gasteiger partial charge >= 0.3 is 18.1 Å². The van der Waals surface area contributed by atoms with Crippen molar-refractivity contribution in [3.63, 3.8) is 0 Å². The van der Waals surface area contributed by atoms with Crippen molar-refractivity contribution < 1.29 is 40.3 Å². The zero-order valence-corrected chi connectivity index (χ0v) is 26.5. The van der Waals surface area contributed by atoms with Crippen LogP contribution in [0.15, 0.2) is 54.6 Å². The van der Waals surface area contributed by atoms with Gasteiger partial charge in [-0.05, 0) is 79.9 Å². The van der Waals surface area contributed by atoms with Gasteiger partial charge in [0.15, 0.2) is 0 Å². The number of carboxylic acid groups (broad SMARTS) is 1. The molecule has 12 nitrogen and oxygen atoms in total. The summed E-state index contributed by atoms with van der Waals surface area (Å²) in [6, 6.07) is 13.7. The molecule has 5 fully saturated rings. The smallest absolute Gasteiger partial charge is 0.407 e. The number of alkyl carbamates (subject to hydrolysis) is 1. The molecule has 0 spiro atoms. The first kappa shape index (κ1) is 32.5. The van der Waals surface area contributed by atoms with E-state index in [-0.39, 0.29) is 26.6 Å². The SMILES string of the molecule is C[C@]1(c2ccc(CO)cc2)C(=O)N(CC(=O)NC[C@H](NC(=O)OCC23CC4CC(CC(C4)C2)C3)C(=O)O)C(=O)N1Cc1ccccc1.[HH]. The molecule has 4 N–H and O–H groups in total. The fourth-order valence-electron chi connectivity index (χ4n) is 8.63. The number of rotatable bonds is 12. The largest absolute Gasteiger partial charge is 0.480 e. The van der Waals surface area contributed by atoms with E-state index in [4.69, 9.17) is 4.74 Å². The Bertz CT molecular complexity index is 1500. The van der Waals surface area contributed by atoms with Crippen LogP contribution in [0, 0.1) is 23.2 Å². The highest BCUT2D eigenvalue weighted by Gasteiger charge is 2.56. The van der Waals surface area contributed by atoms with Gasteiger partial charge in [-0.25, -0.2) is 14.4 Å². The van der Waals surface area contributed by atoms with Gasteiger partial charge in [0.2, 0.25) is 5.91 Å². The van der Waals surface area contributed by atoms with Crippen LogP contribution in [0.25, 0.3) is 0 Å². The number of benzene rings is 2. The van der Waals surface area contributed by atoms with Crippen LogP contribution < -0.4 is 10.6 Å². The van der Waals surface area contributed by atoms with Crippen LogP contribution in [0.2, 0.25) is 0 Å². The molecule has 0 aromatic heterocycles. The van der Waals surface area contributed by atoms with Crippen molar-refractivity contribution in [1.29, 1.82) is 0 Å². The molecule has 4 bridgehead atoms. The maximum absolute atomic E-state index is 13.9. The summed E-state index contributed by atoms with van der Waals surface area (Å²) in [4.78, 5) is 67.5. The number of carbonyl (C=O) groups excluding carboxylic acids is 4. The summed E-state index contributed by atoms with van der Waals surface area (Å²) < 4.78 is 5.55. The summed E-state index contributed by atoms with van der Waals surface area (Å²) in [7, 11) is 0. The first-order chi connectivity index (χ1) is 22.5. The van der Waals surface area contributed by atoms with Crippen LogP contribution in [0.5, 0.6) is 0 Å². The van der Waals surface area contributed by atoms with Gasteiger partial charge < -0.3 is 30.5 Å². The number of carboxylic acids is 1. The second-order valence-corrected chi connectivity index (χ2v) is 14.0. The standard InChI is InChI=1S/C35H42N4O8.H2/c1-34(27-9-7-23(20-40)8-10-27)31(44)38(33(46)39(34)18-22-5-3-2-4-6-22)19-29(41)36-17-28(30(42)43)37-32(45)47-21-35-14-24-11-25(15-35)13-26(12-24)16-35;/h2-10,24-26,28,40H,11-21H2,1H3,(H,36,41)(H,37,45)(H,42,43);1H/t24?,25?,26?,28-,34-,35?;/m0./s1. The first-order valence-electron chi connectivity index (χ1n) is 16.3. The minimum atomic E-state index is -1.47. The fraction of sp³-hybridized carbons (Fsp3) is 0.514. The van der Waals surface area contributed by atoms with Crippen molar-refractivity contribution in [3.05, 3.63) is 71.3 Å². The molecule has 5 aliphatic rings. The van der Waals surface area contributed by atoms with Crippen molar-refractivity contribution in [3.8, 4) is 0 Å². The number of aliphatic carboxylic acids is 1. The molecule has 4 saturated carbocycles. The number of aliphatic hydroxyl groups is 1. The summed E-state index contributed by atoms with van der Waals surface area (Å²) >= 11 is 0. The minimum Gasteiger partial charge on any atom is -0.480 e. The van der Waals surface area contributed by atoms with Crippen molar-refractivity contribution in [2.75, 3.05) is 19.7 Å². The van der Waals surface area contributed by atoms with Gasteiger partial charge in [-0.2, -0.15) is 0 Å². The Labute approximate surface area is 274 Å². The number of hydrogen-bond donors (Lipinski definition) is 4. The molecule has 5 amide bonds. The number of aliphatic hydroxyl groups excluding tert-OH is 1. The summed E-state index contributed by atoms with van der Waals surface area (Å²) in [6.07, 6.45) is 6.01. The van der Waals surface area contributed by atoms with E-state index in [2.05, 4.69) is 10.6 Å². The quantitative estimate of drug-likeness (QED) is 0.254. The number of hydrogen-bond acceptors (Lipinski definition) is 7. The summed E-state index contributed by atoms with van der Waals surface area (Å²) in [6.45, 7) is 0.664. The van der Waals surface area contributed by atoms with Gasteiger partial charge in [0, 0.05) is 19.9 Å². The average molecular weight is 649 g/mol. The zero-order valence-electron chi connectivity index (χ0n) is 26.5. The summed E-state index contributed by atoms with van der Waals surface area (Å²) in [5.41, 5.74) is 0.445. The Kier molecular flexibility index (Phi) is 8.97. The van der Waals surface area contributed by atoms with E-state index >= 15 is 0 Å². The van der Waals surface area contributed by atoms with E-state index in [0.717, 1.165) is 29.7 Å². The molecule has 0 radical (unpaired) electrons. The highest BCUT2D eigenvalue weighted by molar-refractivity contribution is 6.09. The fourth-order valence-corrected chi connectivity index (χ4v) is 8.63. The molecule has 12 heteroatoms. The van der Waals surface area contributed by atoms with Gasteiger partial charge in [-0.15, -0.1) is 0 Å². The zero-order chi connectivity index (χ0) is 33.3. The van der Waals surface area contributed by atoms with Gasteiger partial charge in [0.1, 0.15) is 18.1 Å². The molecule has 7 rings (SSSR count). The predicted octanol–water partition coefficient (Wildman–Crippen LogP) is 3.62. The third kappa shape index (κ3) is 6.56. The number of carbonyl (C=O) groups is 5. The van der Waals surface area contributed by atoms with Gasteiger partial charge in [-0.3, -0.25) is 14.5 Å². The highest BCUT2D eigenvalue weighted by Crippen LogP contribution is 2.60. The van der Waals surface area contributed by atoms with Gasteiger partial charge in [0.25, 0.3) is 5.91 Å². The molecule has 4 aliphatic carbocycles. The lowest BCUT2D eigenvalue weighted by Crippen LogP contribution is -2.52. The van der Waals surface area contributed by atoms with Crippen molar-refractivity contribution in [2.24, 2.45) is 23.2 Å². The Morgan fingerprint density at radius 1 is 0.957 bits per heavy atom. The molecule has 2 aromatic rings. The number of imide groups is 1. The Morgan fingerprint density at radius 2 is 1.57 bits per heavy atom. The van der Waals surface area contributed by atoms with Gasteiger partial charge in [-0.1, -0.05) is 54.6 Å². The normalized spacial score (nSPS) is 28.3. The molecule has 2 atom stereocenters. The lowest BCUT2D eigenvalue weighted by molar-refractivity contribution is -0.140. The van der Waals surface area contributed by atoms with Crippen LogP contribution >= 0.6 is 0 Å². The molecule has 1 heterocycles. The van der Waals surface area contributed by atoms with E-state index in [1.807, 2.05) is 30.3 Å². The molecular weight excluding hydrogens is 604 g/mol. The second-order valence-electron chi connectivity index (χ2n) is 14.0. The van der Waals surface area contributed by atoms with Crippen molar-refractivity contribution >= 4 is 29.9 Å². The van der Waals surface area contributed by atoms with Crippen LogP contribution in [-0.4, -0.2) is 75.7 Å². The van der Waals surface area contributed by atoms with Crippen LogP contribution in [0.3, 0.4) is 0 Å². The Balaban J connectivity index is 0.00000451. The lowest BCUT2D eigenvalue weighted by atomic mass is 9.50. The Hall–Kier alpha value is -4.45. The monoisotopic (exact) mass is 648 g/mol. The predicted molar refractivity (Wildman–Crippen MR) is 170 cm³/mol. The maximum Gasteiger partial charge on any atom is 0.407 e.